The number of rotatable bonds is 8. The Hall–Kier alpha value is -3.98. The molecule has 1 aliphatic rings. The van der Waals surface area contributed by atoms with Crippen molar-refractivity contribution in [3.05, 3.63) is 94.6 Å². The van der Waals surface area contributed by atoms with Crippen LogP contribution in [0.5, 0.6) is 0 Å². The highest BCUT2D eigenvalue weighted by Gasteiger charge is 2.28. The zero-order valence-corrected chi connectivity index (χ0v) is 21.2. The SMILES string of the molecule is O=C(Cc1ccccc1)Nc1ccc([C@H]2CCC[C@@H](c3nnc(NC(=O)Cc4ccccc4)s3)C2)nn1. The minimum Gasteiger partial charge on any atom is -0.309 e. The maximum absolute atomic E-state index is 12.4. The molecule has 0 spiro atoms. The van der Waals surface area contributed by atoms with Crippen LogP contribution in [0.3, 0.4) is 0 Å². The van der Waals surface area contributed by atoms with Gasteiger partial charge < -0.3 is 10.6 Å². The molecule has 2 N–H and O–H groups in total. The first-order valence-corrected chi connectivity index (χ1v) is 13.3. The average Bonchev–Trinajstić information content (AvgIpc) is 3.38. The Bertz CT molecular complexity index is 1330. The van der Waals surface area contributed by atoms with E-state index in [1.54, 1.807) is 0 Å². The topological polar surface area (TPSA) is 110 Å². The number of carbonyl (C=O) groups is 2. The van der Waals surface area contributed by atoms with Gasteiger partial charge >= 0.3 is 0 Å². The number of benzene rings is 2. The van der Waals surface area contributed by atoms with Crippen LogP contribution in [-0.2, 0) is 22.4 Å². The molecule has 4 aromatic rings. The van der Waals surface area contributed by atoms with E-state index >= 15 is 0 Å². The lowest BCUT2D eigenvalue weighted by Crippen LogP contribution is -2.17. The molecular formula is C28H28N6O2S. The van der Waals surface area contributed by atoms with Crippen LogP contribution in [0.1, 0.15) is 59.3 Å². The molecular weight excluding hydrogens is 484 g/mol. The van der Waals surface area contributed by atoms with Gasteiger partial charge in [-0.25, -0.2) is 0 Å². The minimum absolute atomic E-state index is 0.0957. The third kappa shape index (κ3) is 6.83. The van der Waals surface area contributed by atoms with Gasteiger partial charge in [0.2, 0.25) is 16.9 Å². The fraction of sp³-hybridized carbons (Fsp3) is 0.286. The maximum Gasteiger partial charge on any atom is 0.230 e. The molecule has 0 aliphatic heterocycles. The van der Waals surface area contributed by atoms with E-state index in [0.717, 1.165) is 47.5 Å². The molecule has 5 rings (SSSR count). The molecule has 0 bridgehead atoms. The van der Waals surface area contributed by atoms with Gasteiger partial charge in [0.25, 0.3) is 0 Å². The van der Waals surface area contributed by atoms with Crippen LogP contribution in [0.2, 0.25) is 0 Å². The van der Waals surface area contributed by atoms with Crippen molar-refractivity contribution < 1.29 is 9.59 Å². The number of carbonyl (C=O) groups excluding carboxylic acids is 2. The third-order valence-electron chi connectivity index (χ3n) is 6.50. The number of anilines is 2. The van der Waals surface area contributed by atoms with E-state index in [1.807, 2.05) is 72.8 Å². The second kappa shape index (κ2) is 11.8. The lowest BCUT2D eigenvalue weighted by Gasteiger charge is -2.27. The quantitative estimate of drug-likeness (QED) is 0.339. The van der Waals surface area contributed by atoms with Gasteiger partial charge in [-0.05, 0) is 42.5 Å². The van der Waals surface area contributed by atoms with Crippen LogP contribution in [0.25, 0.3) is 0 Å². The first kappa shape index (κ1) is 24.7. The van der Waals surface area contributed by atoms with Gasteiger partial charge in [-0.2, -0.15) is 5.10 Å². The Balaban J connectivity index is 1.15. The highest BCUT2D eigenvalue weighted by molar-refractivity contribution is 7.15. The molecule has 2 atom stereocenters. The number of nitrogens with one attached hydrogen (secondary N) is 2. The van der Waals surface area contributed by atoms with Crippen LogP contribution >= 0.6 is 11.3 Å². The molecule has 9 heteroatoms. The van der Waals surface area contributed by atoms with Crippen LogP contribution in [0.4, 0.5) is 10.9 Å². The molecule has 2 heterocycles. The Morgan fingerprint density at radius 1 is 0.730 bits per heavy atom. The molecule has 0 radical (unpaired) electrons. The van der Waals surface area contributed by atoms with Gasteiger partial charge in [-0.1, -0.05) is 78.4 Å². The molecule has 2 amide bonds. The van der Waals surface area contributed by atoms with Crippen LogP contribution in [0.15, 0.2) is 72.8 Å². The van der Waals surface area contributed by atoms with Crippen molar-refractivity contribution in [2.75, 3.05) is 10.6 Å². The molecule has 2 aromatic heterocycles. The molecule has 0 unspecified atom stereocenters. The first-order chi connectivity index (χ1) is 18.1. The minimum atomic E-state index is -0.117. The Morgan fingerprint density at radius 2 is 1.38 bits per heavy atom. The number of hydrogen-bond donors (Lipinski definition) is 2. The summed E-state index contributed by atoms with van der Waals surface area (Å²) in [4.78, 5) is 24.7. The zero-order chi connectivity index (χ0) is 25.5. The van der Waals surface area contributed by atoms with E-state index in [-0.39, 0.29) is 23.7 Å². The Labute approximate surface area is 219 Å². The average molecular weight is 513 g/mol. The summed E-state index contributed by atoms with van der Waals surface area (Å²) in [5.74, 6) is 0.774. The molecule has 1 fully saturated rings. The van der Waals surface area contributed by atoms with Crippen LogP contribution < -0.4 is 10.6 Å². The summed E-state index contributed by atoms with van der Waals surface area (Å²) < 4.78 is 0. The largest absolute Gasteiger partial charge is 0.309 e. The monoisotopic (exact) mass is 512 g/mol. The maximum atomic E-state index is 12.4. The summed E-state index contributed by atoms with van der Waals surface area (Å²) in [5, 5.41) is 24.4. The molecule has 1 aliphatic carbocycles. The summed E-state index contributed by atoms with van der Waals surface area (Å²) in [7, 11) is 0. The predicted molar refractivity (Wildman–Crippen MR) is 143 cm³/mol. The standard InChI is InChI=1S/C28H28N6O2S/c35-25(16-19-8-3-1-4-9-19)29-24-15-14-23(31-32-24)21-12-7-13-22(18-21)27-33-34-28(37-27)30-26(36)17-20-10-5-2-6-11-20/h1-6,8-11,14-15,21-22H,7,12-13,16-18H2,(H,29,32,35)(H,30,34,36)/t21-,22+/m0/s1. The van der Waals surface area contributed by atoms with Crippen LogP contribution in [0, 0.1) is 0 Å². The van der Waals surface area contributed by atoms with Crippen molar-refractivity contribution in [1.29, 1.82) is 0 Å². The Morgan fingerprint density at radius 3 is 2.03 bits per heavy atom. The van der Waals surface area contributed by atoms with Crippen molar-refractivity contribution in [3.63, 3.8) is 0 Å². The second-order valence-corrected chi connectivity index (χ2v) is 10.3. The molecule has 0 saturated heterocycles. The lowest BCUT2D eigenvalue weighted by atomic mass is 9.80. The number of hydrogen-bond acceptors (Lipinski definition) is 7. The number of amides is 2. The molecule has 8 nitrogen and oxygen atoms in total. The molecule has 1 saturated carbocycles. The van der Waals surface area contributed by atoms with Crippen molar-refractivity contribution in [1.82, 2.24) is 20.4 Å². The van der Waals surface area contributed by atoms with Crippen molar-refractivity contribution in [2.24, 2.45) is 0 Å². The zero-order valence-electron chi connectivity index (χ0n) is 20.3. The van der Waals surface area contributed by atoms with Crippen molar-refractivity contribution >= 4 is 34.1 Å². The Kier molecular flexibility index (Phi) is 7.90. The van der Waals surface area contributed by atoms with Gasteiger partial charge in [0.1, 0.15) is 5.01 Å². The predicted octanol–water partition coefficient (Wildman–Crippen LogP) is 5.13. The summed E-state index contributed by atoms with van der Waals surface area (Å²) in [6, 6.07) is 23.0. The van der Waals surface area contributed by atoms with Crippen molar-refractivity contribution in [2.45, 2.75) is 50.4 Å². The fourth-order valence-electron chi connectivity index (χ4n) is 4.67. The van der Waals surface area contributed by atoms with E-state index in [1.165, 1.54) is 11.3 Å². The summed E-state index contributed by atoms with van der Waals surface area (Å²) in [5.41, 5.74) is 2.84. The van der Waals surface area contributed by atoms with E-state index in [0.29, 0.717) is 23.8 Å². The summed E-state index contributed by atoms with van der Waals surface area (Å²) in [6.07, 6.45) is 4.63. The second-order valence-electron chi connectivity index (χ2n) is 9.27. The fourth-order valence-corrected chi connectivity index (χ4v) is 5.58. The van der Waals surface area contributed by atoms with Gasteiger partial charge in [0, 0.05) is 11.8 Å². The van der Waals surface area contributed by atoms with Crippen molar-refractivity contribution in [3.8, 4) is 0 Å². The number of aromatic nitrogens is 4. The van der Waals surface area contributed by atoms with Crippen LogP contribution in [-0.4, -0.2) is 32.2 Å². The third-order valence-corrected chi connectivity index (χ3v) is 7.50. The molecule has 188 valence electrons. The first-order valence-electron chi connectivity index (χ1n) is 12.5. The van der Waals surface area contributed by atoms with Gasteiger partial charge in [0.15, 0.2) is 5.82 Å². The highest BCUT2D eigenvalue weighted by Crippen LogP contribution is 2.42. The summed E-state index contributed by atoms with van der Waals surface area (Å²) >= 11 is 1.45. The highest BCUT2D eigenvalue weighted by atomic mass is 32.1. The molecule has 2 aromatic carbocycles. The lowest BCUT2D eigenvalue weighted by molar-refractivity contribution is -0.116. The van der Waals surface area contributed by atoms with E-state index in [2.05, 4.69) is 31.0 Å². The van der Waals surface area contributed by atoms with Gasteiger partial charge in [-0.3, -0.25) is 9.59 Å². The number of nitrogens with zero attached hydrogens (tertiary/aromatic N) is 4. The summed E-state index contributed by atoms with van der Waals surface area (Å²) in [6.45, 7) is 0. The smallest absolute Gasteiger partial charge is 0.230 e. The van der Waals surface area contributed by atoms with E-state index in [9.17, 15) is 9.59 Å². The van der Waals surface area contributed by atoms with Gasteiger partial charge in [0.05, 0.1) is 18.5 Å². The normalized spacial score (nSPS) is 17.2. The van der Waals surface area contributed by atoms with E-state index < -0.39 is 0 Å². The van der Waals surface area contributed by atoms with Gasteiger partial charge in [-0.15, -0.1) is 15.3 Å². The van der Waals surface area contributed by atoms with E-state index in [4.69, 9.17) is 0 Å². The molecule has 37 heavy (non-hydrogen) atoms.